The van der Waals surface area contributed by atoms with Crippen molar-refractivity contribution in [2.24, 2.45) is 13.0 Å². The van der Waals surface area contributed by atoms with Gasteiger partial charge in [0.2, 0.25) is 5.95 Å². The van der Waals surface area contributed by atoms with E-state index in [4.69, 9.17) is 4.98 Å². The van der Waals surface area contributed by atoms with Crippen molar-refractivity contribution < 1.29 is 0 Å². The highest BCUT2D eigenvalue weighted by molar-refractivity contribution is 5.77. The van der Waals surface area contributed by atoms with Crippen molar-refractivity contribution in [3.05, 3.63) is 86.1 Å². The van der Waals surface area contributed by atoms with Crippen LogP contribution in [0.25, 0.3) is 11.2 Å². The lowest BCUT2D eigenvalue weighted by atomic mass is 10.1. The van der Waals surface area contributed by atoms with E-state index in [9.17, 15) is 9.59 Å². The van der Waals surface area contributed by atoms with Gasteiger partial charge < -0.3 is 9.47 Å². The average molecular weight is 430 g/mol. The molecule has 2 aromatic heterocycles. The van der Waals surface area contributed by atoms with Gasteiger partial charge in [-0.15, -0.1) is 0 Å². The van der Waals surface area contributed by atoms with Crippen molar-refractivity contribution >= 4 is 22.8 Å². The minimum Gasteiger partial charge on any atom is -0.311 e. The molecule has 0 saturated heterocycles. The Morgan fingerprint density at radius 2 is 1.66 bits per heavy atom. The second-order valence-corrected chi connectivity index (χ2v) is 8.86. The molecule has 7 nitrogen and oxygen atoms in total. The highest BCUT2D eigenvalue weighted by Gasteiger charge is 2.30. The molecule has 0 saturated carbocycles. The fourth-order valence-corrected chi connectivity index (χ4v) is 4.67. The van der Waals surface area contributed by atoms with Crippen LogP contribution in [0.3, 0.4) is 0 Å². The number of anilines is 2. The van der Waals surface area contributed by atoms with Gasteiger partial charge in [-0.25, -0.2) is 4.79 Å². The second-order valence-electron chi connectivity index (χ2n) is 8.86. The van der Waals surface area contributed by atoms with Gasteiger partial charge in [0.15, 0.2) is 11.2 Å². The lowest BCUT2D eigenvalue weighted by molar-refractivity contribution is 0.457. The van der Waals surface area contributed by atoms with Gasteiger partial charge in [0.25, 0.3) is 5.56 Å². The maximum atomic E-state index is 13.6. The Balaban J connectivity index is 1.75. The molecule has 0 bridgehead atoms. The van der Waals surface area contributed by atoms with Crippen molar-refractivity contribution in [3.8, 4) is 0 Å². The van der Waals surface area contributed by atoms with Gasteiger partial charge in [0.1, 0.15) is 0 Å². The highest BCUT2D eigenvalue weighted by Crippen LogP contribution is 2.34. The van der Waals surface area contributed by atoms with Gasteiger partial charge >= 0.3 is 5.69 Å². The summed E-state index contributed by atoms with van der Waals surface area (Å²) in [5.74, 6) is 1.04. The Labute approximate surface area is 186 Å². The Kier molecular flexibility index (Phi) is 4.77. The molecule has 0 radical (unpaired) electrons. The summed E-state index contributed by atoms with van der Waals surface area (Å²) in [5.41, 5.74) is 4.51. The topological polar surface area (TPSA) is 65.1 Å². The van der Waals surface area contributed by atoms with E-state index in [-0.39, 0.29) is 17.8 Å². The lowest BCUT2D eigenvalue weighted by Gasteiger charge is -2.33. The largest absolute Gasteiger partial charge is 0.332 e. The summed E-state index contributed by atoms with van der Waals surface area (Å²) in [4.78, 5) is 33.8. The molecule has 2 aromatic carbocycles. The molecular weight excluding hydrogens is 402 g/mol. The van der Waals surface area contributed by atoms with Gasteiger partial charge in [-0.1, -0.05) is 49.4 Å². The first-order valence-corrected chi connectivity index (χ1v) is 10.9. The number of para-hydroxylation sites is 1. The first kappa shape index (κ1) is 20.3. The fraction of sp³-hybridized carbons (Fsp3) is 0.320. The third-order valence-electron chi connectivity index (χ3n) is 6.44. The third kappa shape index (κ3) is 3.07. The van der Waals surface area contributed by atoms with Crippen molar-refractivity contribution in [3.63, 3.8) is 0 Å². The number of hydrogen-bond acceptors (Lipinski definition) is 4. The van der Waals surface area contributed by atoms with Crippen LogP contribution in [-0.4, -0.2) is 25.2 Å². The number of nitrogens with zero attached hydrogens (tertiary/aromatic N) is 5. The smallest absolute Gasteiger partial charge is 0.311 e. The molecule has 1 aliphatic rings. The summed E-state index contributed by atoms with van der Waals surface area (Å²) in [6, 6.07) is 16.0. The monoisotopic (exact) mass is 429 g/mol. The molecule has 164 valence electrons. The summed E-state index contributed by atoms with van der Waals surface area (Å²) in [7, 11) is 1.69. The van der Waals surface area contributed by atoms with Gasteiger partial charge in [0, 0.05) is 25.8 Å². The number of hydrogen-bond donors (Lipinski definition) is 0. The minimum atomic E-state index is -0.350. The van der Waals surface area contributed by atoms with Crippen LogP contribution in [0.4, 0.5) is 11.6 Å². The zero-order chi connectivity index (χ0) is 22.6. The van der Waals surface area contributed by atoms with Crippen molar-refractivity contribution in [1.29, 1.82) is 0 Å². The Morgan fingerprint density at radius 3 is 2.38 bits per heavy atom. The molecule has 0 fully saturated rings. The van der Waals surface area contributed by atoms with E-state index in [0.29, 0.717) is 29.6 Å². The summed E-state index contributed by atoms with van der Waals surface area (Å²) >= 11 is 0. The maximum Gasteiger partial charge on any atom is 0.332 e. The van der Waals surface area contributed by atoms with E-state index in [2.05, 4.69) is 30.9 Å². The van der Waals surface area contributed by atoms with Crippen LogP contribution >= 0.6 is 0 Å². The first-order valence-electron chi connectivity index (χ1n) is 10.9. The van der Waals surface area contributed by atoms with E-state index in [1.165, 1.54) is 9.13 Å². The molecule has 4 aromatic rings. The SMILES string of the molecule is Cc1ccccc1Cn1c(=O)c2c(nc3n2C[C@H](C)CN3c2ccccc2C)n(C)c1=O. The highest BCUT2D eigenvalue weighted by atomic mass is 16.2. The van der Waals surface area contributed by atoms with Crippen molar-refractivity contribution in [2.45, 2.75) is 33.9 Å². The van der Waals surface area contributed by atoms with Crippen LogP contribution in [0.1, 0.15) is 23.6 Å². The molecule has 1 aliphatic heterocycles. The second kappa shape index (κ2) is 7.51. The van der Waals surface area contributed by atoms with Crippen molar-refractivity contribution in [1.82, 2.24) is 18.7 Å². The lowest BCUT2D eigenvalue weighted by Crippen LogP contribution is -2.40. The predicted molar refractivity (Wildman–Crippen MR) is 127 cm³/mol. The number of aromatic nitrogens is 4. The van der Waals surface area contributed by atoms with E-state index < -0.39 is 0 Å². The fourth-order valence-electron chi connectivity index (χ4n) is 4.67. The van der Waals surface area contributed by atoms with Crippen LogP contribution in [-0.2, 0) is 20.1 Å². The molecule has 3 heterocycles. The van der Waals surface area contributed by atoms with Gasteiger partial charge in [-0.05, 0) is 42.5 Å². The Bertz CT molecular complexity index is 1460. The molecule has 0 spiro atoms. The zero-order valence-electron chi connectivity index (χ0n) is 18.9. The molecule has 0 aliphatic carbocycles. The summed E-state index contributed by atoms with van der Waals surface area (Å²) < 4.78 is 4.82. The van der Waals surface area contributed by atoms with Crippen LogP contribution in [0.15, 0.2) is 58.1 Å². The number of aryl methyl sites for hydroxylation is 3. The number of fused-ring (bicyclic) bond motifs is 3. The van der Waals surface area contributed by atoms with Gasteiger partial charge in [-0.2, -0.15) is 4.98 Å². The van der Waals surface area contributed by atoms with E-state index in [1.54, 1.807) is 7.05 Å². The molecule has 0 N–H and O–H groups in total. The Morgan fingerprint density at radius 1 is 0.969 bits per heavy atom. The quantitative estimate of drug-likeness (QED) is 0.501. The summed E-state index contributed by atoms with van der Waals surface area (Å²) in [5, 5.41) is 0. The molecular formula is C25H27N5O2. The van der Waals surface area contributed by atoms with E-state index >= 15 is 0 Å². The van der Waals surface area contributed by atoms with Gasteiger partial charge in [-0.3, -0.25) is 13.9 Å². The third-order valence-corrected chi connectivity index (χ3v) is 6.44. The number of imidazole rings is 1. The van der Waals surface area contributed by atoms with Crippen LogP contribution in [0.5, 0.6) is 0 Å². The predicted octanol–water partition coefficient (Wildman–Crippen LogP) is 3.35. The molecule has 5 rings (SSSR count). The van der Waals surface area contributed by atoms with E-state index in [0.717, 1.165) is 28.9 Å². The average Bonchev–Trinajstić information content (AvgIpc) is 3.16. The van der Waals surface area contributed by atoms with Crippen LogP contribution in [0, 0.1) is 19.8 Å². The Hall–Kier alpha value is -3.61. The van der Waals surface area contributed by atoms with Crippen LogP contribution < -0.4 is 16.1 Å². The molecule has 1 atom stereocenters. The molecule has 32 heavy (non-hydrogen) atoms. The summed E-state index contributed by atoms with van der Waals surface area (Å²) in [6.45, 7) is 7.98. The maximum absolute atomic E-state index is 13.6. The number of benzene rings is 2. The molecule has 7 heteroatoms. The number of rotatable bonds is 3. The normalized spacial score (nSPS) is 15.9. The molecule has 0 amide bonds. The van der Waals surface area contributed by atoms with Crippen LogP contribution in [0.2, 0.25) is 0 Å². The standard InChI is InChI=1S/C25H27N5O2/c1-16-13-28(20-12-8-6-10-18(20)3)24-26-22-21(29(24)14-16)23(31)30(25(32)27(22)4)15-19-11-7-5-9-17(19)2/h5-12,16H,13-15H2,1-4H3/t16-/m1/s1. The molecule has 0 unspecified atom stereocenters. The first-order chi connectivity index (χ1) is 15.4. The van der Waals surface area contributed by atoms with Crippen molar-refractivity contribution in [2.75, 3.05) is 11.4 Å². The zero-order valence-corrected chi connectivity index (χ0v) is 18.9. The van der Waals surface area contributed by atoms with E-state index in [1.807, 2.05) is 47.9 Å². The summed E-state index contributed by atoms with van der Waals surface area (Å²) in [6.07, 6.45) is 0. The minimum absolute atomic E-state index is 0.242. The van der Waals surface area contributed by atoms with Gasteiger partial charge in [0.05, 0.1) is 6.54 Å².